The molecule has 0 atom stereocenters. The third-order valence-electron chi connectivity index (χ3n) is 4.53. The van der Waals surface area contributed by atoms with E-state index in [0.717, 1.165) is 27.8 Å². The number of ketones is 1. The van der Waals surface area contributed by atoms with E-state index in [4.69, 9.17) is 0 Å². The Morgan fingerprint density at radius 2 is 1.66 bits per heavy atom. The number of aryl methyl sites for hydroxylation is 1. The Labute approximate surface area is 168 Å². The highest BCUT2D eigenvalue weighted by molar-refractivity contribution is 6.06. The molecule has 0 unspecified atom stereocenters. The van der Waals surface area contributed by atoms with Gasteiger partial charge in [0, 0.05) is 11.3 Å². The number of H-pyrrole nitrogens is 1. The van der Waals surface area contributed by atoms with Crippen molar-refractivity contribution in [3.63, 3.8) is 0 Å². The molecule has 0 saturated heterocycles. The second-order valence-electron chi connectivity index (χ2n) is 6.74. The molecule has 0 saturated carbocycles. The summed E-state index contributed by atoms with van der Waals surface area (Å²) in [6.07, 6.45) is 3.18. The lowest BCUT2D eigenvalue weighted by Gasteiger charge is -2.06. The van der Waals surface area contributed by atoms with E-state index < -0.39 is 0 Å². The molecule has 0 radical (unpaired) electrons. The van der Waals surface area contributed by atoms with Gasteiger partial charge in [-0.2, -0.15) is 0 Å². The summed E-state index contributed by atoms with van der Waals surface area (Å²) in [4.78, 5) is 32.0. The van der Waals surface area contributed by atoms with Crippen molar-refractivity contribution >= 4 is 34.5 Å². The van der Waals surface area contributed by atoms with Crippen LogP contribution in [-0.4, -0.2) is 21.7 Å². The van der Waals surface area contributed by atoms with Crippen molar-refractivity contribution < 1.29 is 9.59 Å². The first-order valence-electron chi connectivity index (χ1n) is 9.24. The van der Waals surface area contributed by atoms with Gasteiger partial charge in [-0.1, -0.05) is 48.0 Å². The number of aromatic nitrogens is 2. The number of para-hydroxylation sites is 2. The van der Waals surface area contributed by atoms with Crippen molar-refractivity contribution in [2.75, 3.05) is 5.32 Å². The molecule has 5 heteroatoms. The second-order valence-corrected chi connectivity index (χ2v) is 6.74. The van der Waals surface area contributed by atoms with Gasteiger partial charge in [0.1, 0.15) is 0 Å². The average molecular weight is 381 g/mol. The molecule has 0 aliphatic heterocycles. The van der Waals surface area contributed by atoms with Crippen LogP contribution in [-0.2, 0) is 0 Å². The highest BCUT2D eigenvalue weighted by Gasteiger charge is 2.08. The molecule has 4 rings (SSSR count). The third kappa shape index (κ3) is 4.30. The van der Waals surface area contributed by atoms with E-state index in [1.54, 1.807) is 30.3 Å². The summed E-state index contributed by atoms with van der Waals surface area (Å²) in [5.41, 5.74) is 4.84. The lowest BCUT2D eigenvalue weighted by Crippen LogP contribution is -2.11. The number of carbonyl (C=O) groups excluding carboxylic acids is 2. The van der Waals surface area contributed by atoms with Gasteiger partial charge in [-0.3, -0.25) is 9.59 Å². The molecule has 0 aliphatic rings. The van der Waals surface area contributed by atoms with Crippen molar-refractivity contribution in [3.8, 4) is 0 Å². The Balaban J connectivity index is 1.42. The van der Waals surface area contributed by atoms with E-state index in [1.807, 2.05) is 55.5 Å². The zero-order valence-corrected chi connectivity index (χ0v) is 15.8. The molecule has 0 spiro atoms. The molecule has 3 aromatic carbocycles. The summed E-state index contributed by atoms with van der Waals surface area (Å²) >= 11 is 0. The molecule has 1 aromatic heterocycles. The van der Waals surface area contributed by atoms with E-state index in [2.05, 4.69) is 15.3 Å². The minimum Gasteiger partial charge on any atom is -0.335 e. The fourth-order valence-electron chi connectivity index (χ4n) is 2.91. The van der Waals surface area contributed by atoms with Gasteiger partial charge in [0.2, 0.25) is 5.78 Å². The fraction of sp³-hybridized carbons (Fsp3) is 0.0417. The predicted octanol–water partition coefficient (Wildman–Crippen LogP) is 5.02. The number of imidazole rings is 1. The summed E-state index contributed by atoms with van der Waals surface area (Å²) in [6.45, 7) is 2.00. The molecular formula is C24H19N3O2. The van der Waals surface area contributed by atoms with Crippen LogP contribution in [0.2, 0.25) is 0 Å². The maximum atomic E-state index is 12.4. The molecule has 0 aliphatic carbocycles. The van der Waals surface area contributed by atoms with E-state index in [0.29, 0.717) is 11.4 Å². The van der Waals surface area contributed by atoms with Crippen LogP contribution in [0, 0.1) is 6.92 Å². The van der Waals surface area contributed by atoms with Gasteiger partial charge in [-0.15, -0.1) is 0 Å². The standard InChI is InChI=1S/C24H19N3O2/c1-16-6-13-19(14-7-16)25-24(29)18-11-8-17(9-12-18)10-15-22(28)23-26-20-4-2-3-5-21(20)27-23/h2-15H,1H3,(H,25,29)(H,26,27). The number of amides is 1. The van der Waals surface area contributed by atoms with Crippen LogP contribution in [0.1, 0.15) is 32.1 Å². The lowest BCUT2D eigenvalue weighted by molar-refractivity contribution is 0.102. The first-order chi connectivity index (χ1) is 14.1. The van der Waals surface area contributed by atoms with Crippen LogP contribution in [0.5, 0.6) is 0 Å². The quantitative estimate of drug-likeness (QED) is 0.376. The number of carbonyl (C=O) groups is 2. The van der Waals surface area contributed by atoms with Gasteiger partial charge in [0.25, 0.3) is 5.91 Å². The molecule has 5 nitrogen and oxygen atoms in total. The average Bonchev–Trinajstić information content (AvgIpc) is 3.18. The topological polar surface area (TPSA) is 74.8 Å². The number of nitrogens with zero attached hydrogens (tertiary/aromatic N) is 1. The van der Waals surface area contributed by atoms with Gasteiger partial charge < -0.3 is 10.3 Å². The number of anilines is 1. The number of benzene rings is 3. The largest absolute Gasteiger partial charge is 0.335 e. The summed E-state index contributed by atoms with van der Waals surface area (Å²) in [5, 5.41) is 2.87. The molecule has 1 heterocycles. The first-order valence-corrected chi connectivity index (χ1v) is 9.24. The van der Waals surface area contributed by atoms with Crippen LogP contribution in [0.3, 0.4) is 0 Å². The number of hydrogen-bond donors (Lipinski definition) is 2. The summed E-state index contributed by atoms with van der Waals surface area (Å²) < 4.78 is 0. The number of rotatable bonds is 5. The number of fused-ring (bicyclic) bond motifs is 1. The Hall–Kier alpha value is -3.99. The monoisotopic (exact) mass is 381 g/mol. The number of allylic oxidation sites excluding steroid dienone is 1. The molecule has 29 heavy (non-hydrogen) atoms. The smallest absolute Gasteiger partial charge is 0.255 e. The van der Waals surface area contributed by atoms with Crippen LogP contribution < -0.4 is 5.32 Å². The minimum absolute atomic E-state index is 0.178. The number of nitrogens with one attached hydrogen (secondary N) is 2. The fourth-order valence-corrected chi connectivity index (χ4v) is 2.91. The van der Waals surface area contributed by atoms with E-state index in [-0.39, 0.29) is 11.7 Å². The Morgan fingerprint density at radius 3 is 2.38 bits per heavy atom. The van der Waals surface area contributed by atoms with Crippen LogP contribution >= 0.6 is 0 Å². The van der Waals surface area contributed by atoms with Gasteiger partial charge in [0.15, 0.2) is 5.82 Å². The van der Waals surface area contributed by atoms with Crippen molar-refractivity contribution in [2.24, 2.45) is 0 Å². The van der Waals surface area contributed by atoms with E-state index in [1.165, 1.54) is 6.08 Å². The van der Waals surface area contributed by atoms with Gasteiger partial charge >= 0.3 is 0 Å². The highest BCUT2D eigenvalue weighted by Crippen LogP contribution is 2.14. The Bertz CT molecular complexity index is 1170. The lowest BCUT2D eigenvalue weighted by atomic mass is 10.1. The van der Waals surface area contributed by atoms with Crippen molar-refractivity contribution in [2.45, 2.75) is 6.92 Å². The summed E-state index contributed by atoms with van der Waals surface area (Å²) in [5.74, 6) is -0.0818. The molecular weight excluding hydrogens is 362 g/mol. The van der Waals surface area contributed by atoms with E-state index in [9.17, 15) is 9.59 Å². The van der Waals surface area contributed by atoms with E-state index >= 15 is 0 Å². The summed E-state index contributed by atoms with van der Waals surface area (Å²) in [6, 6.07) is 22.2. The predicted molar refractivity (Wildman–Crippen MR) is 115 cm³/mol. The first kappa shape index (κ1) is 18.4. The zero-order chi connectivity index (χ0) is 20.2. The van der Waals surface area contributed by atoms with Gasteiger partial charge in [-0.25, -0.2) is 4.98 Å². The minimum atomic E-state index is -0.206. The van der Waals surface area contributed by atoms with Crippen molar-refractivity contribution in [1.29, 1.82) is 0 Å². The van der Waals surface area contributed by atoms with Crippen LogP contribution in [0.4, 0.5) is 5.69 Å². The molecule has 4 aromatic rings. The molecule has 1 amide bonds. The normalized spacial score (nSPS) is 11.1. The van der Waals surface area contributed by atoms with Gasteiger partial charge in [-0.05, 0) is 55.0 Å². The summed E-state index contributed by atoms with van der Waals surface area (Å²) in [7, 11) is 0. The van der Waals surface area contributed by atoms with Crippen LogP contribution in [0.15, 0.2) is 78.9 Å². The Kier molecular flexibility index (Phi) is 5.03. The molecule has 0 bridgehead atoms. The molecule has 0 fully saturated rings. The highest BCUT2D eigenvalue weighted by atomic mass is 16.1. The molecule has 2 N–H and O–H groups in total. The maximum absolute atomic E-state index is 12.4. The van der Waals surface area contributed by atoms with Crippen LogP contribution in [0.25, 0.3) is 17.1 Å². The number of hydrogen-bond acceptors (Lipinski definition) is 3. The molecule has 142 valence electrons. The Morgan fingerprint density at radius 1 is 0.931 bits per heavy atom. The van der Waals surface area contributed by atoms with Gasteiger partial charge in [0.05, 0.1) is 11.0 Å². The third-order valence-corrected chi connectivity index (χ3v) is 4.53. The van der Waals surface area contributed by atoms with Crippen molar-refractivity contribution in [1.82, 2.24) is 9.97 Å². The maximum Gasteiger partial charge on any atom is 0.255 e. The second kappa shape index (κ2) is 7.94. The van der Waals surface area contributed by atoms with Crippen molar-refractivity contribution in [3.05, 3.63) is 101 Å². The zero-order valence-electron chi connectivity index (χ0n) is 15.8. The number of aromatic amines is 1. The SMILES string of the molecule is Cc1ccc(NC(=O)c2ccc(C=CC(=O)c3nc4ccccc4[nH]3)cc2)cc1.